The molecule has 0 aromatic carbocycles. The summed E-state index contributed by atoms with van der Waals surface area (Å²) in [6, 6.07) is 0. The first-order chi connectivity index (χ1) is 25.5. The van der Waals surface area contributed by atoms with E-state index in [0.29, 0.717) is 23.9 Å². The highest BCUT2D eigenvalue weighted by Crippen LogP contribution is 2.38. The number of phosphoric acid groups is 1. The molecule has 0 amide bonds. The molecule has 9 nitrogen and oxygen atoms in total. The number of phosphoric ester groups is 1. The molecule has 0 aliphatic heterocycles. The topological polar surface area (TPSA) is 111 Å². The summed E-state index contributed by atoms with van der Waals surface area (Å²) in [5.74, 6) is -0.874. The van der Waals surface area contributed by atoms with Crippen LogP contribution in [0, 0.1) is 0 Å². The zero-order valence-electron chi connectivity index (χ0n) is 34.4. The first-order valence-electron chi connectivity index (χ1n) is 20.8. The van der Waals surface area contributed by atoms with E-state index >= 15 is 0 Å². The molecular weight excluding hydrogens is 689 g/mol. The van der Waals surface area contributed by atoms with Gasteiger partial charge >= 0.3 is 11.9 Å². The summed E-state index contributed by atoms with van der Waals surface area (Å²) in [5, 5.41) is 0. The second-order valence-corrected chi connectivity index (χ2v) is 16.4. The summed E-state index contributed by atoms with van der Waals surface area (Å²) in [5.41, 5.74) is 0. The number of allylic oxidation sites excluding steroid dienone is 8. The van der Waals surface area contributed by atoms with Crippen LogP contribution in [0.2, 0.25) is 0 Å². The Balaban J connectivity index is 4.46. The summed E-state index contributed by atoms with van der Waals surface area (Å²) in [6.45, 7) is 4.12. The van der Waals surface area contributed by atoms with Crippen molar-refractivity contribution in [2.45, 2.75) is 168 Å². The molecule has 0 aliphatic carbocycles. The summed E-state index contributed by atoms with van der Waals surface area (Å²) >= 11 is 0. The minimum absolute atomic E-state index is 0.0383. The third-order valence-corrected chi connectivity index (χ3v) is 9.54. The van der Waals surface area contributed by atoms with Crippen LogP contribution in [-0.2, 0) is 32.7 Å². The van der Waals surface area contributed by atoms with Gasteiger partial charge in [-0.1, -0.05) is 120 Å². The number of likely N-dealkylation sites (N-methyl/N-ethyl adjacent to an activating group) is 1. The second-order valence-electron chi connectivity index (χ2n) is 15.0. The molecule has 0 fully saturated rings. The normalized spacial score (nSPS) is 14.2. The van der Waals surface area contributed by atoms with Crippen LogP contribution >= 0.6 is 7.82 Å². The van der Waals surface area contributed by atoms with Crippen molar-refractivity contribution in [3.05, 3.63) is 48.6 Å². The monoisotopic (exact) mass is 768 g/mol. The minimum atomic E-state index is -4.63. The van der Waals surface area contributed by atoms with Crippen molar-refractivity contribution in [2.75, 3.05) is 47.5 Å². The number of unbranched alkanes of at least 4 members (excludes halogenated alkanes) is 15. The van der Waals surface area contributed by atoms with Crippen molar-refractivity contribution in [3.8, 4) is 0 Å². The molecule has 0 bridgehead atoms. The van der Waals surface area contributed by atoms with E-state index in [1.54, 1.807) is 0 Å². The van der Waals surface area contributed by atoms with Crippen molar-refractivity contribution in [2.24, 2.45) is 0 Å². The molecule has 0 rings (SSSR count). The van der Waals surface area contributed by atoms with Crippen molar-refractivity contribution in [3.63, 3.8) is 0 Å². The standard InChI is InChI=1S/C43H78NO8P/c1-6-8-10-12-14-16-18-20-21-22-23-24-26-28-30-32-34-36-43(46)52-41(40-51-53(47,48)50-38-37-44(3,4)5)39-49-42(45)35-33-31-29-27-25-19-17-15-13-11-9-7-2/h14-17,20-21,23-24,41H,6-13,18-19,22,25-40H2,1-5H3/b16-14-,17-15-,21-20-,24-23-/t41-/m1/s1. The maximum Gasteiger partial charge on any atom is 0.306 e. The van der Waals surface area contributed by atoms with Crippen LogP contribution in [0.15, 0.2) is 48.6 Å². The van der Waals surface area contributed by atoms with Gasteiger partial charge in [0, 0.05) is 12.8 Å². The highest BCUT2D eigenvalue weighted by Gasteiger charge is 2.21. The number of carbonyl (C=O) groups excluding carboxylic acids is 2. The molecule has 10 heteroatoms. The molecule has 0 saturated carbocycles. The number of quaternary nitrogens is 1. The Bertz CT molecular complexity index is 1050. The van der Waals surface area contributed by atoms with E-state index in [-0.39, 0.29) is 26.1 Å². The number of ether oxygens (including phenoxy) is 2. The van der Waals surface area contributed by atoms with Crippen molar-refractivity contribution in [1.82, 2.24) is 0 Å². The smallest absolute Gasteiger partial charge is 0.306 e. The number of rotatable bonds is 37. The molecular formula is C43H78NO8P. The van der Waals surface area contributed by atoms with Crippen LogP contribution in [0.5, 0.6) is 0 Å². The van der Waals surface area contributed by atoms with E-state index < -0.39 is 32.5 Å². The molecule has 0 heterocycles. The van der Waals surface area contributed by atoms with Gasteiger partial charge in [-0.2, -0.15) is 0 Å². The Hall–Kier alpha value is -2.03. The SMILES string of the molecule is CCCCC/C=C\C/C=C\C/C=C\CCCCCCC(=O)O[C@H](COC(=O)CCCCCCC/C=C\CCCCC)COP(=O)([O-])OCC[N+](C)(C)C. The van der Waals surface area contributed by atoms with E-state index in [4.69, 9.17) is 18.5 Å². The Morgan fingerprint density at radius 3 is 1.53 bits per heavy atom. The average Bonchev–Trinajstić information content (AvgIpc) is 3.10. The predicted molar refractivity (Wildman–Crippen MR) is 217 cm³/mol. The van der Waals surface area contributed by atoms with E-state index in [1.165, 1.54) is 44.9 Å². The average molecular weight is 768 g/mol. The molecule has 0 aromatic rings. The van der Waals surface area contributed by atoms with Crippen LogP contribution in [0.3, 0.4) is 0 Å². The zero-order chi connectivity index (χ0) is 39.3. The molecule has 0 saturated heterocycles. The Morgan fingerprint density at radius 1 is 0.585 bits per heavy atom. The van der Waals surface area contributed by atoms with Gasteiger partial charge in [0.1, 0.15) is 19.8 Å². The van der Waals surface area contributed by atoms with E-state index in [0.717, 1.165) is 77.0 Å². The quantitative estimate of drug-likeness (QED) is 0.0202. The predicted octanol–water partition coefficient (Wildman–Crippen LogP) is 10.9. The van der Waals surface area contributed by atoms with Gasteiger partial charge < -0.3 is 27.9 Å². The Labute approximate surface area is 324 Å². The van der Waals surface area contributed by atoms with Gasteiger partial charge in [-0.25, -0.2) is 0 Å². The molecule has 0 N–H and O–H groups in total. The number of nitrogens with zero attached hydrogens (tertiary/aromatic N) is 1. The molecule has 0 radical (unpaired) electrons. The number of carbonyl (C=O) groups is 2. The fourth-order valence-electron chi connectivity index (χ4n) is 5.24. The summed E-state index contributed by atoms with van der Waals surface area (Å²) in [6.07, 6.45) is 39.9. The van der Waals surface area contributed by atoms with E-state index in [2.05, 4.69) is 62.5 Å². The van der Waals surface area contributed by atoms with Crippen LogP contribution < -0.4 is 4.89 Å². The van der Waals surface area contributed by atoms with Gasteiger partial charge in [0.05, 0.1) is 27.7 Å². The summed E-state index contributed by atoms with van der Waals surface area (Å²) in [7, 11) is 1.14. The number of esters is 2. The molecule has 0 spiro atoms. The highest BCUT2D eigenvalue weighted by atomic mass is 31.2. The van der Waals surface area contributed by atoms with Crippen molar-refractivity contribution < 1.29 is 42.1 Å². The largest absolute Gasteiger partial charge is 0.756 e. The lowest BCUT2D eigenvalue weighted by molar-refractivity contribution is -0.870. The third kappa shape index (κ3) is 39.5. The lowest BCUT2D eigenvalue weighted by Crippen LogP contribution is -2.37. The van der Waals surface area contributed by atoms with E-state index in [9.17, 15) is 19.0 Å². The second kappa shape index (κ2) is 35.7. The molecule has 1 unspecified atom stereocenters. The first kappa shape index (κ1) is 51.0. The van der Waals surface area contributed by atoms with Gasteiger partial charge in [-0.05, 0) is 77.0 Å². The maximum atomic E-state index is 12.6. The molecule has 308 valence electrons. The fraction of sp³-hybridized carbons (Fsp3) is 0.767. The third-order valence-electron chi connectivity index (χ3n) is 8.57. The number of hydrogen-bond acceptors (Lipinski definition) is 8. The molecule has 2 atom stereocenters. The Morgan fingerprint density at radius 2 is 1.02 bits per heavy atom. The highest BCUT2D eigenvalue weighted by molar-refractivity contribution is 7.45. The lowest BCUT2D eigenvalue weighted by atomic mass is 10.1. The minimum Gasteiger partial charge on any atom is -0.756 e. The Kier molecular flexibility index (Phi) is 34.3. The van der Waals surface area contributed by atoms with Gasteiger partial charge in [-0.15, -0.1) is 0 Å². The van der Waals surface area contributed by atoms with E-state index in [1.807, 2.05) is 21.1 Å². The van der Waals surface area contributed by atoms with Crippen LogP contribution in [-0.4, -0.2) is 70.0 Å². The summed E-state index contributed by atoms with van der Waals surface area (Å²) in [4.78, 5) is 37.4. The zero-order valence-corrected chi connectivity index (χ0v) is 35.3. The van der Waals surface area contributed by atoms with Crippen molar-refractivity contribution in [1.29, 1.82) is 0 Å². The van der Waals surface area contributed by atoms with Crippen LogP contribution in [0.25, 0.3) is 0 Å². The molecule has 53 heavy (non-hydrogen) atoms. The van der Waals surface area contributed by atoms with Crippen LogP contribution in [0.4, 0.5) is 0 Å². The fourth-order valence-corrected chi connectivity index (χ4v) is 5.97. The van der Waals surface area contributed by atoms with Crippen LogP contribution in [0.1, 0.15) is 162 Å². The van der Waals surface area contributed by atoms with Gasteiger partial charge in [-0.3, -0.25) is 14.2 Å². The van der Waals surface area contributed by atoms with Crippen molar-refractivity contribution >= 4 is 19.8 Å². The molecule has 0 aromatic heterocycles. The maximum absolute atomic E-state index is 12.6. The first-order valence-corrected chi connectivity index (χ1v) is 22.3. The van der Waals surface area contributed by atoms with Gasteiger partial charge in [0.25, 0.3) is 7.82 Å². The summed E-state index contributed by atoms with van der Waals surface area (Å²) < 4.78 is 33.8. The van der Waals surface area contributed by atoms with Gasteiger partial charge in [0.15, 0.2) is 6.10 Å². The molecule has 0 aliphatic rings. The van der Waals surface area contributed by atoms with Gasteiger partial charge in [0.2, 0.25) is 0 Å². The number of hydrogen-bond donors (Lipinski definition) is 0. The lowest BCUT2D eigenvalue weighted by Gasteiger charge is -2.28.